The number of rotatable bonds is 8. The van der Waals surface area contributed by atoms with Gasteiger partial charge in [0.15, 0.2) is 0 Å². The number of hydrogen-bond acceptors (Lipinski definition) is 3. The molecule has 0 radical (unpaired) electrons. The molecular formula is C24H36Cl3N3. The largest absolute Gasteiger partial charge is 0.384 e. The van der Waals surface area contributed by atoms with Crippen LogP contribution in [-0.4, -0.2) is 26.2 Å². The Bertz CT molecular complexity index is 704. The van der Waals surface area contributed by atoms with Crippen molar-refractivity contribution in [1.82, 2.24) is 5.32 Å². The lowest BCUT2D eigenvalue weighted by atomic mass is 9.90. The van der Waals surface area contributed by atoms with E-state index in [1.54, 1.807) is 22.3 Å². The Balaban J connectivity index is 0.00000150. The molecule has 0 fully saturated rings. The Hall–Kier alpha value is -1.13. The van der Waals surface area contributed by atoms with Crippen molar-refractivity contribution in [2.45, 2.75) is 51.4 Å². The molecule has 0 unspecified atom stereocenters. The molecule has 3 N–H and O–H groups in total. The summed E-state index contributed by atoms with van der Waals surface area (Å²) in [5, 5.41) is 10.8. The molecule has 6 heteroatoms. The lowest BCUT2D eigenvalue weighted by molar-refractivity contribution is 0.682. The molecular weight excluding hydrogens is 437 g/mol. The summed E-state index contributed by atoms with van der Waals surface area (Å²) in [5.41, 5.74) is 8.91. The Kier molecular flexibility index (Phi) is 12.6. The summed E-state index contributed by atoms with van der Waals surface area (Å²) in [4.78, 5) is 0. The Morgan fingerprint density at radius 3 is 1.43 bits per heavy atom. The molecule has 0 aliphatic heterocycles. The molecule has 3 nitrogen and oxygen atoms in total. The number of anilines is 2. The van der Waals surface area contributed by atoms with Crippen LogP contribution in [0.4, 0.5) is 11.4 Å². The minimum absolute atomic E-state index is 0. The van der Waals surface area contributed by atoms with E-state index in [2.05, 4.69) is 52.3 Å². The fraction of sp³-hybridized carbons (Fsp3) is 0.500. The highest BCUT2D eigenvalue weighted by atomic mass is 35.5. The summed E-state index contributed by atoms with van der Waals surface area (Å²) in [7, 11) is 0. The second-order valence-electron chi connectivity index (χ2n) is 7.90. The third-order valence-corrected chi connectivity index (χ3v) is 6.03. The van der Waals surface area contributed by atoms with Crippen molar-refractivity contribution in [2.75, 3.05) is 36.8 Å². The van der Waals surface area contributed by atoms with Crippen molar-refractivity contribution < 1.29 is 0 Å². The number of halogens is 3. The molecule has 168 valence electrons. The molecule has 2 aromatic rings. The summed E-state index contributed by atoms with van der Waals surface area (Å²) in [6.07, 6.45) is 10.3. The summed E-state index contributed by atoms with van der Waals surface area (Å²) in [6.45, 7) is 3.96. The van der Waals surface area contributed by atoms with Gasteiger partial charge in [-0.15, -0.1) is 37.2 Å². The van der Waals surface area contributed by atoms with Crippen molar-refractivity contribution in [2.24, 2.45) is 0 Å². The molecule has 0 aromatic heterocycles. The van der Waals surface area contributed by atoms with Gasteiger partial charge >= 0.3 is 0 Å². The van der Waals surface area contributed by atoms with Crippen LogP contribution in [-0.2, 0) is 25.7 Å². The first-order valence-electron chi connectivity index (χ1n) is 10.8. The van der Waals surface area contributed by atoms with Crippen LogP contribution in [0.3, 0.4) is 0 Å². The Morgan fingerprint density at radius 2 is 0.967 bits per heavy atom. The predicted molar refractivity (Wildman–Crippen MR) is 138 cm³/mol. The molecule has 2 aromatic carbocycles. The quantitative estimate of drug-likeness (QED) is 0.423. The van der Waals surface area contributed by atoms with Crippen LogP contribution >= 0.6 is 37.2 Å². The zero-order valence-electron chi connectivity index (χ0n) is 17.7. The molecule has 0 heterocycles. The number of fused-ring (bicyclic) bond motifs is 2. The second kappa shape index (κ2) is 14.0. The normalized spacial score (nSPS) is 14.1. The van der Waals surface area contributed by atoms with Crippen molar-refractivity contribution >= 4 is 48.6 Å². The van der Waals surface area contributed by atoms with Crippen LogP contribution in [0.15, 0.2) is 36.4 Å². The van der Waals surface area contributed by atoms with E-state index in [9.17, 15) is 0 Å². The van der Waals surface area contributed by atoms with E-state index in [0.29, 0.717) is 0 Å². The third-order valence-electron chi connectivity index (χ3n) is 6.03. The minimum atomic E-state index is 0. The smallest absolute Gasteiger partial charge is 0.0375 e. The number of hydrogen-bond donors (Lipinski definition) is 3. The maximum Gasteiger partial charge on any atom is 0.0375 e. The molecule has 0 amide bonds. The van der Waals surface area contributed by atoms with Gasteiger partial charge in [-0.05, 0) is 85.8 Å². The second-order valence-corrected chi connectivity index (χ2v) is 7.90. The molecule has 0 bridgehead atoms. The first kappa shape index (κ1) is 26.9. The lowest BCUT2D eigenvalue weighted by Gasteiger charge is -2.21. The van der Waals surface area contributed by atoms with Crippen LogP contribution in [0, 0.1) is 0 Å². The molecule has 0 atom stereocenters. The Labute approximate surface area is 200 Å². The number of benzene rings is 2. The van der Waals surface area contributed by atoms with E-state index < -0.39 is 0 Å². The van der Waals surface area contributed by atoms with Crippen molar-refractivity contribution in [3.8, 4) is 0 Å². The highest BCUT2D eigenvalue weighted by Gasteiger charge is 2.13. The van der Waals surface area contributed by atoms with Gasteiger partial charge in [-0.25, -0.2) is 0 Å². The van der Waals surface area contributed by atoms with Crippen LogP contribution < -0.4 is 16.0 Å². The summed E-state index contributed by atoms with van der Waals surface area (Å²) in [6, 6.07) is 13.5. The van der Waals surface area contributed by atoms with Crippen LogP contribution in [0.2, 0.25) is 0 Å². The van der Waals surface area contributed by atoms with Gasteiger partial charge in [0, 0.05) is 37.6 Å². The molecule has 2 aliphatic carbocycles. The van der Waals surface area contributed by atoms with Gasteiger partial charge in [-0.2, -0.15) is 0 Å². The van der Waals surface area contributed by atoms with E-state index in [1.807, 2.05) is 0 Å². The number of aryl methyl sites for hydroxylation is 2. The lowest BCUT2D eigenvalue weighted by Crippen LogP contribution is -2.28. The fourth-order valence-electron chi connectivity index (χ4n) is 4.59. The molecule has 2 aliphatic rings. The third kappa shape index (κ3) is 6.95. The maximum atomic E-state index is 3.64. The highest BCUT2D eigenvalue weighted by molar-refractivity contribution is 5.86. The topological polar surface area (TPSA) is 36.1 Å². The van der Waals surface area contributed by atoms with E-state index in [-0.39, 0.29) is 37.2 Å². The van der Waals surface area contributed by atoms with Gasteiger partial charge in [-0.3, -0.25) is 0 Å². The first-order valence-corrected chi connectivity index (χ1v) is 10.8. The summed E-state index contributed by atoms with van der Waals surface area (Å²) in [5.74, 6) is 0. The monoisotopic (exact) mass is 471 g/mol. The van der Waals surface area contributed by atoms with Crippen LogP contribution in [0.5, 0.6) is 0 Å². The van der Waals surface area contributed by atoms with Gasteiger partial charge in [0.2, 0.25) is 0 Å². The van der Waals surface area contributed by atoms with E-state index in [0.717, 1.165) is 26.2 Å². The van der Waals surface area contributed by atoms with Gasteiger partial charge in [0.25, 0.3) is 0 Å². The van der Waals surface area contributed by atoms with Gasteiger partial charge in [0.1, 0.15) is 0 Å². The van der Waals surface area contributed by atoms with Crippen LogP contribution in [0.25, 0.3) is 0 Å². The minimum Gasteiger partial charge on any atom is -0.384 e. The van der Waals surface area contributed by atoms with E-state index in [4.69, 9.17) is 0 Å². The first-order chi connectivity index (χ1) is 13.4. The van der Waals surface area contributed by atoms with Gasteiger partial charge in [0.05, 0.1) is 0 Å². The zero-order chi connectivity index (χ0) is 18.3. The molecule has 4 rings (SSSR count). The van der Waals surface area contributed by atoms with E-state index in [1.165, 1.54) is 62.7 Å². The predicted octanol–water partition coefficient (Wildman–Crippen LogP) is 5.82. The van der Waals surface area contributed by atoms with E-state index >= 15 is 0 Å². The SMILES string of the molecule is Cl.Cl.Cl.c1cc2c(c(NCCNCCNc3cccc4c3CCCC4)c1)CCCC2. The van der Waals surface area contributed by atoms with Crippen LogP contribution in [0.1, 0.15) is 47.9 Å². The van der Waals surface area contributed by atoms with Crippen molar-refractivity contribution in [1.29, 1.82) is 0 Å². The van der Waals surface area contributed by atoms with Crippen molar-refractivity contribution in [3.63, 3.8) is 0 Å². The molecule has 30 heavy (non-hydrogen) atoms. The molecule has 0 saturated carbocycles. The Morgan fingerprint density at radius 1 is 0.533 bits per heavy atom. The maximum absolute atomic E-state index is 3.64. The summed E-state index contributed by atoms with van der Waals surface area (Å²) < 4.78 is 0. The highest BCUT2D eigenvalue weighted by Crippen LogP contribution is 2.28. The zero-order valence-corrected chi connectivity index (χ0v) is 20.1. The summed E-state index contributed by atoms with van der Waals surface area (Å²) >= 11 is 0. The average molecular weight is 473 g/mol. The van der Waals surface area contributed by atoms with Gasteiger partial charge < -0.3 is 16.0 Å². The average Bonchev–Trinajstić information content (AvgIpc) is 2.73. The standard InChI is InChI=1S/C24H33N3.3ClH/c1-3-11-21-19(7-1)9-5-13-23(21)26-17-15-25-16-18-27-24-14-6-10-20-8-2-4-12-22(20)24;;;/h5-6,9-10,13-14,25-27H,1-4,7-8,11-12,15-18H2;3*1H. The molecule has 0 saturated heterocycles. The molecule has 0 spiro atoms. The fourth-order valence-corrected chi connectivity index (χ4v) is 4.59. The van der Waals surface area contributed by atoms with Gasteiger partial charge in [-0.1, -0.05) is 24.3 Å². The van der Waals surface area contributed by atoms with Crippen molar-refractivity contribution in [3.05, 3.63) is 58.7 Å². The number of nitrogens with one attached hydrogen (secondary N) is 3.